The van der Waals surface area contributed by atoms with Crippen LogP contribution >= 0.6 is 79.6 Å². The van der Waals surface area contributed by atoms with Crippen LogP contribution in [-0.4, -0.2) is 57.0 Å². The van der Waals surface area contributed by atoms with Gasteiger partial charge in [-0.25, -0.2) is 0 Å². The highest BCUT2D eigenvalue weighted by atomic mass is 79.9. The molecule has 2 amide bonds. The number of carbonyl (C=O) groups is 2. The lowest BCUT2D eigenvalue weighted by Gasteiger charge is -2.16. The van der Waals surface area contributed by atoms with Crippen LogP contribution in [0.3, 0.4) is 0 Å². The van der Waals surface area contributed by atoms with Crippen LogP contribution in [0, 0.1) is 0 Å². The number of hydrogen-bond acceptors (Lipinski definition) is 10. The number of rotatable bonds is 0. The van der Waals surface area contributed by atoms with E-state index < -0.39 is 11.8 Å². The van der Waals surface area contributed by atoms with Gasteiger partial charge in [0.15, 0.2) is 28.7 Å². The van der Waals surface area contributed by atoms with Gasteiger partial charge in [-0.3, -0.25) is 9.59 Å². The molecule has 0 radical (unpaired) electrons. The molecule has 0 atom stereocenters. The third-order valence-corrected chi connectivity index (χ3v) is 10.6. The van der Waals surface area contributed by atoms with E-state index in [1.54, 1.807) is 36.4 Å². The molecule has 8 rings (SSSR count). The van der Waals surface area contributed by atoms with Gasteiger partial charge in [0.2, 0.25) is 0 Å². The summed E-state index contributed by atoms with van der Waals surface area (Å²) in [5.41, 5.74) is 2.39. The van der Waals surface area contributed by atoms with Gasteiger partial charge < -0.3 is 40.7 Å². The topological polar surface area (TPSA) is 182 Å². The standard InChI is InChI=1S/C34H27Br5N4O8/c35-20-7-16-1-2-27(20)50-28-14-17(8-21(36)30(28)44)4-6-41-33(46)25(42-48)12-18-10-23(38)32(24(39)11-18)51-29-15-19(9-22(37)31(29)45)13-26(43-49)34(47)40-5-3-16/h1-2,7-11,14-15,44-45,48-49H,3-6,12-13H2,(H,40,47)(H,41,46)/b42-25-,43-26-. The van der Waals surface area contributed by atoms with E-state index in [0.29, 0.717) is 47.6 Å². The molecule has 0 saturated heterocycles. The number of nitrogens with zero attached hydrogens (tertiary/aromatic N) is 2. The minimum atomic E-state index is -0.585. The maximum absolute atomic E-state index is 13.0. The van der Waals surface area contributed by atoms with Crippen molar-refractivity contribution in [1.82, 2.24) is 10.6 Å². The number of phenolic OH excluding ortho intramolecular Hbond substituents is 2. The molecule has 8 bridgehead atoms. The van der Waals surface area contributed by atoms with Gasteiger partial charge in [0.05, 0.1) is 22.4 Å². The van der Waals surface area contributed by atoms with Crippen LogP contribution in [0.5, 0.6) is 34.5 Å². The van der Waals surface area contributed by atoms with E-state index in [1.165, 1.54) is 6.07 Å². The van der Waals surface area contributed by atoms with E-state index in [-0.39, 0.29) is 70.6 Å². The zero-order valence-electron chi connectivity index (χ0n) is 26.1. The normalized spacial score (nSPS) is 16.2. The van der Waals surface area contributed by atoms with Gasteiger partial charge in [-0.1, -0.05) is 16.4 Å². The largest absolute Gasteiger partial charge is 0.503 e. The Morgan fingerprint density at radius 2 is 1.00 bits per heavy atom. The summed E-state index contributed by atoms with van der Waals surface area (Å²) in [7, 11) is 0. The van der Waals surface area contributed by atoms with Crippen LogP contribution in [0.1, 0.15) is 22.3 Å². The quantitative estimate of drug-likeness (QED) is 0.0752. The Balaban J connectivity index is 1.47. The van der Waals surface area contributed by atoms with Crippen LogP contribution in [0.2, 0.25) is 0 Å². The summed E-state index contributed by atoms with van der Waals surface area (Å²) in [6.45, 7) is 0.418. The maximum Gasteiger partial charge on any atom is 0.269 e. The Labute approximate surface area is 333 Å². The third kappa shape index (κ3) is 9.62. The zero-order chi connectivity index (χ0) is 36.8. The number of amides is 2. The van der Waals surface area contributed by atoms with Crippen molar-refractivity contribution in [2.45, 2.75) is 25.7 Å². The summed E-state index contributed by atoms with van der Waals surface area (Å²) < 4.78 is 14.3. The van der Waals surface area contributed by atoms with Gasteiger partial charge >= 0.3 is 0 Å². The molecule has 266 valence electrons. The Morgan fingerprint density at radius 1 is 0.549 bits per heavy atom. The van der Waals surface area contributed by atoms with Crippen molar-refractivity contribution >= 4 is 103 Å². The van der Waals surface area contributed by atoms with Gasteiger partial charge in [-0.05, 0) is 163 Å². The van der Waals surface area contributed by atoms with Crippen molar-refractivity contribution in [3.8, 4) is 34.5 Å². The van der Waals surface area contributed by atoms with Gasteiger partial charge in [0.25, 0.3) is 11.8 Å². The van der Waals surface area contributed by atoms with E-state index in [9.17, 15) is 30.2 Å². The maximum atomic E-state index is 13.0. The molecular weight excluding hydrogens is 992 g/mol. The molecule has 0 spiro atoms. The molecule has 0 aliphatic carbocycles. The van der Waals surface area contributed by atoms with Gasteiger partial charge in [-0.2, -0.15) is 0 Å². The molecular formula is C34H27Br5N4O8. The van der Waals surface area contributed by atoms with E-state index >= 15 is 0 Å². The average Bonchev–Trinajstić information content (AvgIpc) is 3.08. The highest BCUT2D eigenvalue weighted by Gasteiger charge is 2.21. The van der Waals surface area contributed by atoms with Crippen LogP contribution in [0.4, 0.5) is 0 Å². The summed E-state index contributed by atoms with van der Waals surface area (Å²) in [6, 6.07) is 15.2. The Hall–Kier alpha value is -3.64. The number of ether oxygens (including phenoxy) is 2. The highest BCUT2D eigenvalue weighted by Crippen LogP contribution is 2.44. The van der Waals surface area contributed by atoms with Crippen molar-refractivity contribution < 1.29 is 39.7 Å². The molecule has 0 fully saturated rings. The van der Waals surface area contributed by atoms with Crippen LogP contribution in [0.25, 0.3) is 0 Å². The van der Waals surface area contributed by atoms with Crippen LogP contribution < -0.4 is 20.1 Å². The fourth-order valence-electron chi connectivity index (χ4n) is 5.03. The lowest BCUT2D eigenvalue weighted by Crippen LogP contribution is -2.33. The monoisotopic (exact) mass is 1010 g/mol. The Morgan fingerprint density at radius 3 is 1.55 bits per heavy atom. The van der Waals surface area contributed by atoms with E-state index in [0.717, 1.165) is 11.1 Å². The number of nitrogens with one attached hydrogen (secondary N) is 2. The number of halogens is 5. The molecule has 6 N–H and O–H groups in total. The van der Waals surface area contributed by atoms with Crippen molar-refractivity contribution in [3.63, 3.8) is 0 Å². The first-order chi connectivity index (χ1) is 24.4. The second-order valence-corrected chi connectivity index (χ2v) is 15.4. The molecule has 0 saturated carbocycles. The smallest absolute Gasteiger partial charge is 0.269 e. The molecule has 4 heterocycles. The predicted molar refractivity (Wildman–Crippen MR) is 207 cm³/mol. The summed E-state index contributed by atoms with van der Waals surface area (Å²) >= 11 is 17.2. The summed E-state index contributed by atoms with van der Waals surface area (Å²) in [5, 5.41) is 52.9. The molecule has 17 heteroatoms. The minimum absolute atomic E-state index is 0.0339. The molecule has 4 aliphatic rings. The summed E-state index contributed by atoms with van der Waals surface area (Å²) in [5.74, 6) is -0.543. The average molecular weight is 1020 g/mol. The second kappa shape index (κ2) is 17.3. The van der Waals surface area contributed by atoms with E-state index in [1.807, 2.05) is 12.1 Å². The third-order valence-electron chi connectivity index (χ3n) is 7.57. The van der Waals surface area contributed by atoms with E-state index in [4.69, 9.17) is 9.47 Å². The number of phenols is 2. The number of hydrogen-bond donors (Lipinski definition) is 6. The second-order valence-electron chi connectivity index (χ2n) is 11.2. The molecule has 0 aromatic heterocycles. The van der Waals surface area contributed by atoms with Crippen LogP contribution in [-0.2, 0) is 35.3 Å². The first-order valence-corrected chi connectivity index (χ1v) is 19.0. The molecule has 4 aliphatic heterocycles. The van der Waals surface area contributed by atoms with Gasteiger partial charge in [-0.15, -0.1) is 0 Å². The lowest BCUT2D eigenvalue weighted by atomic mass is 10.1. The lowest BCUT2D eigenvalue weighted by molar-refractivity contribution is -0.115. The minimum Gasteiger partial charge on any atom is -0.503 e. The molecule has 0 unspecified atom stereocenters. The Bertz CT molecular complexity index is 2050. The summed E-state index contributed by atoms with van der Waals surface area (Å²) in [4.78, 5) is 26.0. The Kier molecular flexibility index (Phi) is 13.1. The highest BCUT2D eigenvalue weighted by molar-refractivity contribution is 9.11. The molecule has 12 nitrogen and oxygen atoms in total. The number of oxime groups is 2. The fourth-order valence-corrected chi connectivity index (χ4v) is 7.96. The number of aromatic hydroxyl groups is 2. The molecule has 4 aromatic rings. The van der Waals surface area contributed by atoms with Crippen molar-refractivity contribution in [2.24, 2.45) is 10.3 Å². The van der Waals surface area contributed by atoms with Crippen molar-refractivity contribution in [1.29, 1.82) is 0 Å². The number of benzene rings is 4. The van der Waals surface area contributed by atoms with Gasteiger partial charge in [0, 0.05) is 25.9 Å². The predicted octanol–water partition coefficient (Wildman–Crippen LogP) is 8.27. The fraction of sp³-hybridized carbons (Fsp3) is 0.176. The first kappa shape index (κ1) is 38.6. The first-order valence-electron chi connectivity index (χ1n) is 15.0. The number of carbonyl (C=O) groups excluding carboxylic acids is 2. The summed E-state index contributed by atoms with van der Waals surface area (Å²) in [6.07, 6.45) is 0.677. The van der Waals surface area contributed by atoms with E-state index in [2.05, 4.69) is 101 Å². The molecule has 4 aromatic carbocycles. The van der Waals surface area contributed by atoms with Crippen LogP contribution in [0.15, 0.2) is 87.3 Å². The molecule has 51 heavy (non-hydrogen) atoms. The van der Waals surface area contributed by atoms with Crippen molar-refractivity contribution in [2.75, 3.05) is 13.1 Å². The zero-order valence-corrected chi connectivity index (χ0v) is 34.1. The van der Waals surface area contributed by atoms with Gasteiger partial charge in [0.1, 0.15) is 17.2 Å². The SMILES string of the molecule is O=C1NCCc2cc(Br)c(O)c(c2)Oc2ccc(cc2Br)CCNC(=O)/C(=N\O)Cc2cc(Br)c(O)c(c2)Oc2c(Br)cc(cc2Br)C/C1=N/O. The van der Waals surface area contributed by atoms with Crippen molar-refractivity contribution in [3.05, 3.63) is 99.2 Å².